The summed E-state index contributed by atoms with van der Waals surface area (Å²) < 4.78 is 5.58. The van der Waals surface area contributed by atoms with Gasteiger partial charge in [-0.15, -0.1) is 0 Å². The van der Waals surface area contributed by atoms with Gasteiger partial charge in [0.05, 0.1) is 6.61 Å². The standard InChI is InChI=1S/C23H46O2/c1-5-7-9-14-18-22(17-8-6-2)20-25-23(24)19-15-12-10-11-13-16-21(3)4/h21-22H,5-20H2,1-4H3. The second-order valence-electron chi connectivity index (χ2n) is 8.24. The number of ether oxygens (including phenoxy) is 1. The lowest BCUT2D eigenvalue weighted by Crippen LogP contribution is -2.14. The molecule has 0 radical (unpaired) electrons. The van der Waals surface area contributed by atoms with Crippen molar-refractivity contribution >= 4 is 5.97 Å². The van der Waals surface area contributed by atoms with Gasteiger partial charge in [0.1, 0.15) is 0 Å². The Bertz CT molecular complexity index is 286. The van der Waals surface area contributed by atoms with Crippen molar-refractivity contribution in [2.24, 2.45) is 11.8 Å². The van der Waals surface area contributed by atoms with Crippen LogP contribution in [0.15, 0.2) is 0 Å². The largest absolute Gasteiger partial charge is 0.465 e. The van der Waals surface area contributed by atoms with Crippen molar-refractivity contribution in [1.82, 2.24) is 0 Å². The summed E-state index contributed by atoms with van der Waals surface area (Å²) in [5.74, 6) is 1.42. The average molecular weight is 355 g/mol. The highest BCUT2D eigenvalue weighted by Crippen LogP contribution is 2.18. The smallest absolute Gasteiger partial charge is 0.305 e. The van der Waals surface area contributed by atoms with Gasteiger partial charge in [-0.1, -0.05) is 98.3 Å². The minimum Gasteiger partial charge on any atom is -0.465 e. The number of carbonyl (C=O) groups excluding carboxylic acids is 1. The van der Waals surface area contributed by atoms with Gasteiger partial charge in [0, 0.05) is 6.42 Å². The molecule has 0 bridgehead atoms. The number of rotatable bonds is 18. The van der Waals surface area contributed by atoms with Crippen molar-refractivity contribution in [3.8, 4) is 0 Å². The second kappa shape index (κ2) is 18.3. The van der Waals surface area contributed by atoms with Crippen LogP contribution in [0.2, 0.25) is 0 Å². The van der Waals surface area contributed by atoms with Crippen LogP contribution in [0, 0.1) is 11.8 Å². The molecule has 0 spiro atoms. The molecule has 0 saturated heterocycles. The first-order valence-electron chi connectivity index (χ1n) is 11.3. The Morgan fingerprint density at radius 1 is 0.720 bits per heavy atom. The Balaban J connectivity index is 3.70. The first-order chi connectivity index (χ1) is 12.1. The molecular formula is C23H46O2. The van der Waals surface area contributed by atoms with E-state index < -0.39 is 0 Å². The van der Waals surface area contributed by atoms with Gasteiger partial charge in [-0.05, 0) is 31.1 Å². The summed E-state index contributed by atoms with van der Waals surface area (Å²) >= 11 is 0. The number of unbranched alkanes of at least 4 members (excludes halogenated alkanes) is 8. The summed E-state index contributed by atoms with van der Waals surface area (Å²) in [7, 11) is 0. The molecule has 0 aromatic carbocycles. The summed E-state index contributed by atoms with van der Waals surface area (Å²) in [6.45, 7) is 9.71. The number of esters is 1. The molecule has 0 aliphatic rings. The van der Waals surface area contributed by atoms with E-state index in [9.17, 15) is 4.79 Å². The van der Waals surface area contributed by atoms with Crippen LogP contribution in [-0.4, -0.2) is 12.6 Å². The first-order valence-corrected chi connectivity index (χ1v) is 11.3. The van der Waals surface area contributed by atoms with Crippen molar-refractivity contribution in [3.05, 3.63) is 0 Å². The third-order valence-corrected chi connectivity index (χ3v) is 5.07. The Morgan fingerprint density at radius 2 is 1.28 bits per heavy atom. The highest BCUT2D eigenvalue weighted by molar-refractivity contribution is 5.69. The fourth-order valence-electron chi connectivity index (χ4n) is 3.30. The average Bonchev–Trinajstić information content (AvgIpc) is 2.59. The molecule has 0 amide bonds. The molecule has 2 heteroatoms. The van der Waals surface area contributed by atoms with Gasteiger partial charge in [-0.3, -0.25) is 4.79 Å². The molecule has 0 saturated carbocycles. The topological polar surface area (TPSA) is 26.3 Å². The molecule has 0 aliphatic heterocycles. The van der Waals surface area contributed by atoms with Crippen molar-refractivity contribution < 1.29 is 9.53 Å². The molecule has 0 rings (SSSR count). The highest BCUT2D eigenvalue weighted by Gasteiger charge is 2.11. The molecule has 0 N–H and O–H groups in total. The molecule has 0 aromatic heterocycles. The molecule has 2 nitrogen and oxygen atoms in total. The van der Waals surface area contributed by atoms with Crippen molar-refractivity contribution in [3.63, 3.8) is 0 Å². The van der Waals surface area contributed by atoms with Crippen LogP contribution in [0.3, 0.4) is 0 Å². The fourth-order valence-corrected chi connectivity index (χ4v) is 3.30. The monoisotopic (exact) mass is 354 g/mol. The zero-order valence-electron chi connectivity index (χ0n) is 17.8. The maximum absolute atomic E-state index is 12.0. The van der Waals surface area contributed by atoms with Gasteiger partial charge in [0.2, 0.25) is 0 Å². The first kappa shape index (κ1) is 24.5. The van der Waals surface area contributed by atoms with Crippen LogP contribution < -0.4 is 0 Å². The van der Waals surface area contributed by atoms with Crippen molar-refractivity contribution in [1.29, 1.82) is 0 Å². The number of hydrogen-bond acceptors (Lipinski definition) is 2. The van der Waals surface area contributed by atoms with Crippen LogP contribution in [0.25, 0.3) is 0 Å². The Kier molecular flexibility index (Phi) is 17.9. The van der Waals surface area contributed by atoms with E-state index in [1.165, 1.54) is 83.5 Å². The van der Waals surface area contributed by atoms with Crippen LogP contribution in [0.4, 0.5) is 0 Å². The zero-order chi connectivity index (χ0) is 18.8. The Hall–Kier alpha value is -0.530. The Morgan fingerprint density at radius 3 is 1.96 bits per heavy atom. The second-order valence-corrected chi connectivity index (χ2v) is 8.24. The van der Waals surface area contributed by atoms with Crippen molar-refractivity contribution in [2.45, 2.75) is 124 Å². The van der Waals surface area contributed by atoms with E-state index in [0.717, 1.165) is 12.3 Å². The van der Waals surface area contributed by atoms with E-state index in [1.54, 1.807) is 0 Å². The third-order valence-electron chi connectivity index (χ3n) is 5.07. The minimum atomic E-state index is 0.0252. The number of carbonyl (C=O) groups is 1. The maximum atomic E-state index is 12.0. The predicted octanol–water partition coefficient (Wildman–Crippen LogP) is 7.69. The molecule has 0 heterocycles. The van der Waals surface area contributed by atoms with Crippen LogP contribution in [0.1, 0.15) is 124 Å². The summed E-state index contributed by atoms with van der Waals surface area (Å²) in [6.07, 6.45) is 18.2. The zero-order valence-corrected chi connectivity index (χ0v) is 17.8. The molecular weight excluding hydrogens is 308 g/mol. The van der Waals surface area contributed by atoms with E-state index in [0.29, 0.717) is 18.9 Å². The molecule has 1 unspecified atom stereocenters. The van der Waals surface area contributed by atoms with Gasteiger partial charge < -0.3 is 4.74 Å². The van der Waals surface area contributed by atoms with E-state index in [4.69, 9.17) is 4.74 Å². The summed E-state index contributed by atoms with van der Waals surface area (Å²) in [5.41, 5.74) is 0. The van der Waals surface area contributed by atoms with Gasteiger partial charge in [0.15, 0.2) is 0 Å². The van der Waals surface area contributed by atoms with Gasteiger partial charge in [-0.2, -0.15) is 0 Å². The third kappa shape index (κ3) is 18.1. The molecule has 150 valence electrons. The Labute approximate surface area is 158 Å². The van der Waals surface area contributed by atoms with Crippen LogP contribution in [0.5, 0.6) is 0 Å². The summed E-state index contributed by atoms with van der Waals surface area (Å²) in [5, 5.41) is 0. The lowest BCUT2D eigenvalue weighted by atomic mass is 9.96. The lowest BCUT2D eigenvalue weighted by Gasteiger charge is -2.16. The van der Waals surface area contributed by atoms with Crippen LogP contribution >= 0.6 is 0 Å². The molecule has 1 atom stereocenters. The normalized spacial score (nSPS) is 12.5. The molecule has 0 aromatic rings. The van der Waals surface area contributed by atoms with Gasteiger partial charge in [-0.25, -0.2) is 0 Å². The minimum absolute atomic E-state index is 0.0252. The van der Waals surface area contributed by atoms with Gasteiger partial charge in [0.25, 0.3) is 0 Å². The van der Waals surface area contributed by atoms with Gasteiger partial charge >= 0.3 is 5.97 Å². The molecule has 0 aliphatic carbocycles. The molecule has 25 heavy (non-hydrogen) atoms. The van der Waals surface area contributed by atoms with E-state index in [2.05, 4.69) is 27.7 Å². The lowest BCUT2D eigenvalue weighted by molar-refractivity contribution is -0.145. The summed E-state index contributed by atoms with van der Waals surface area (Å²) in [6, 6.07) is 0. The van der Waals surface area contributed by atoms with E-state index in [1.807, 2.05) is 0 Å². The predicted molar refractivity (Wildman–Crippen MR) is 110 cm³/mol. The highest BCUT2D eigenvalue weighted by atomic mass is 16.5. The van der Waals surface area contributed by atoms with E-state index in [-0.39, 0.29) is 5.97 Å². The number of hydrogen-bond donors (Lipinski definition) is 0. The van der Waals surface area contributed by atoms with E-state index >= 15 is 0 Å². The SMILES string of the molecule is CCCCCCC(CCCC)COC(=O)CCCCCCCC(C)C. The fraction of sp³-hybridized carbons (Fsp3) is 0.957. The van der Waals surface area contributed by atoms with Crippen LogP contribution in [-0.2, 0) is 9.53 Å². The maximum Gasteiger partial charge on any atom is 0.305 e. The quantitative estimate of drug-likeness (QED) is 0.186. The van der Waals surface area contributed by atoms with Crippen molar-refractivity contribution in [2.75, 3.05) is 6.61 Å². The summed E-state index contributed by atoms with van der Waals surface area (Å²) in [4.78, 5) is 12.0. The molecule has 0 fully saturated rings.